The van der Waals surface area contributed by atoms with Crippen molar-refractivity contribution < 1.29 is 4.39 Å². The fourth-order valence-corrected chi connectivity index (χ4v) is 2.99. The minimum Gasteiger partial charge on any atom is -0.330 e. The molecule has 4 heteroatoms. The Kier molecular flexibility index (Phi) is 4.66. The van der Waals surface area contributed by atoms with E-state index in [4.69, 9.17) is 5.73 Å². The van der Waals surface area contributed by atoms with E-state index in [1.54, 1.807) is 12.3 Å². The summed E-state index contributed by atoms with van der Waals surface area (Å²) in [6.45, 7) is 1.49. The molecule has 2 rings (SSSR count). The summed E-state index contributed by atoms with van der Waals surface area (Å²) >= 11 is 0. The number of pyridine rings is 1. The molecule has 1 fully saturated rings. The first-order chi connectivity index (χ1) is 8.70. The zero-order valence-electron chi connectivity index (χ0n) is 11.0. The predicted molar refractivity (Wildman–Crippen MR) is 70.5 cm³/mol. The van der Waals surface area contributed by atoms with Crippen molar-refractivity contribution in [2.24, 2.45) is 11.7 Å². The van der Waals surface area contributed by atoms with Gasteiger partial charge < -0.3 is 5.73 Å². The molecule has 3 nitrogen and oxygen atoms in total. The zero-order chi connectivity index (χ0) is 13.0. The maximum absolute atomic E-state index is 13.1. The van der Waals surface area contributed by atoms with Gasteiger partial charge in [-0.1, -0.05) is 12.8 Å². The van der Waals surface area contributed by atoms with Crippen LogP contribution in [0.5, 0.6) is 0 Å². The Hall–Kier alpha value is -1.00. The van der Waals surface area contributed by atoms with Crippen LogP contribution in [0.1, 0.15) is 31.2 Å². The van der Waals surface area contributed by atoms with Crippen molar-refractivity contribution in [3.05, 3.63) is 29.8 Å². The van der Waals surface area contributed by atoms with Crippen molar-refractivity contribution >= 4 is 0 Å². The zero-order valence-corrected chi connectivity index (χ0v) is 11.0. The second-order valence-electron chi connectivity index (χ2n) is 5.27. The van der Waals surface area contributed by atoms with Crippen LogP contribution < -0.4 is 5.73 Å². The van der Waals surface area contributed by atoms with E-state index in [9.17, 15) is 4.39 Å². The van der Waals surface area contributed by atoms with Gasteiger partial charge in [0.1, 0.15) is 5.82 Å². The Morgan fingerprint density at radius 3 is 2.89 bits per heavy atom. The highest BCUT2D eigenvalue weighted by atomic mass is 19.1. The third-order valence-corrected chi connectivity index (χ3v) is 3.93. The molecule has 1 aromatic heterocycles. The molecular weight excluding hydrogens is 229 g/mol. The second kappa shape index (κ2) is 6.25. The Labute approximate surface area is 108 Å². The number of rotatable bonds is 4. The van der Waals surface area contributed by atoms with Gasteiger partial charge in [0.15, 0.2) is 0 Å². The lowest BCUT2D eigenvalue weighted by molar-refractivity contribution is 0.127. The standard InChI is InChI=1S/C14H22FN3/c1-18(10-11-6-13(15)9-17-8-11)14-5-3-2-4-12(14)7-16/h6,8-9,12,14H,2-5,7,10,16H2,1H3. The highest BCUT2D eigenvalue weighted by molar-refractivity contribution is 5.10. The molecule has 0 radical (unpaired) electrons. The monoisotopic (exact) mass is 251 g/mol. The Bertz CT molecular complexity index is 383. The first kappa shape index (κ1) is 13.4. The van der Waals surface area contributed by atoms with Crippen molar-refractivity contribution in [3.8, 4) is 0 Å². The van der Waals surface area contributed by atoms with Crippen LogP contribution in [0.3, 0.4) is 0 Å². The molecule has 0 bridgehead atoms. The molecule has 2 atom stereocenters. The van der Waals surface area contributed by atoms with Gasteiger partial charge in [0.05, 0.1) is 6.20 Å². The Morgan fingerprint density at radius 1 is 1.39 bits per heavy atom. The van der Waals surface area contributed by atoms with E-state index in [0.29, 0.717) is 12.0 Å². The van der Waals surface area contributed by atoms with Gasteiger partial charge in [-0.3, -0.25) is 9.88 Å². The normalized spacial score (nSPS) is 24.4. The molecule has 1 saturated carbocycles. The van der Waals surface area contributed by atoms with Gasteiger partial charge >= 0.3 is 0 Å². The Balaban J connectivity index is 1.99. The number of aromatic nitrogens is 1. The average Bonchev–Trinajstić information content (AvgIpc) is 2.38. The van der Waals surface area contributed by atoms with Gasteiger partial charge in [0.2, 0.25) is 0 Å². The molecule has 0 amide bonds. The summed E-state index contributed by atoms with van der Waals surface area (Å²) in [5.41, 5.74) is 6.78. The van der Waals surface area contributed by atoms with Crippen molar-refractivity contribution in [2.45, 2.75) is 38.3 Å². The van der Waals surface area contributed by atoms with Crippen LogP contribution in [0, 0.1) is 11.7 Å². The fourth-order valence-electron chi connectivity index (χ4n) is 2.99. The topological polar surface area (TPSA) is 42.2 Å². The van der Waals surface area contributed by atoms with E-state index in [1.165, 1.54) is 31.9 Å². The Morgan fingerprint density at radius 2 is 2.17 bits per heavy atom. The van der Waals surface area contributed by atoms with Gasteiger partial charge in [-0.15, -0.1) is 0 Å². The molecule has 0 saturated heterocycles. The molecule has 1 heterocycles. The minimum atomic E-state index is -0.264. The van der Waals surface area contributed by atoms with E-state index in [-0.39, 0.29) is 5.82 Å². The van der Waals surface area contributed by atoms with Gasteiger partial charge in [0.25, 0.3) is 0 Å². The van der Waals surface area contributed by atoms with Crippen LogP contribution in [-0.2, 0) is 6.54 Å². The highest BCUT2D eigenvalue weighted by Gasteiger charge is 2.27. The highest BCUT2D eigenvalue weighted by Crippen LogP contribution is 2.27. The quantitative estimate of drug-likeness (QED) is 0.891. The molecule has 1 aliphatic rings. The fraction of sp³-hybridized carbons (Fsp3) is 0.643. The summed E-state index contributed by atoms with van der Waals surface area (Å²) in [6, 6.07) is 2.08. The smallest absolute Gasteiger partial charge is 0.141 e. The van der Waals surface area contributed by atoms with Crippen LogP contribution in [0.4, 0.5) is 4.39 Å². The molecule has 0 aliphatic heterocycles. The van der Waals surface area contributed by atoms with Crippen molar-refractivity contribution in [1.29, 1.82) is 0 Å². The summed E-state index contributed by atoms with van der Waals surface area (Å²) in [7, 11) is 2.10. The summed E-state index contributed by atoms with van der Waals surface area (Å²) in [5, 5.41) is 0. The van der Waals surface area contributed by atoms with Crippen LogP contribution >= 0.6 is 0 Å². The lowest BCUT2D eigenvalue weighted by Crippen LogP contribution is -2.42. The van der Waals surface area contributed by atoms with Crippen LogP contribution in [0.15, 0.2) is 18.5 Å². The first-order valence-electron chi connectivity index (χ1n) is 6.70. The van der Waals surface area contributed by atoms with Crippen LogP contribution in [0.2, 0.25) is 0 Å². The first-order valence-corrected chi connectivity index (χ1v) is 6.70. The number of nitrogens with two attached hydrogens (primary N) is 1. The van der Waals surface area contributed by atoms with Gasteiger partial charge in [-0.05, 0) is 44.0 Å². The molecule has 18 heavy (non-hydrogen) atoms. The third kappa shape index (κ3) is 3.27. The molecular formula is C14H22FN3. The van der Waals surface area contributed by atoms with E-state index in [2.05, 4.69) is 16.9 Å². The summed E-state index contributed by atoms with van der Waals surface area (Å²) in [6.07, 6.45) is 7.95. The molecule has 0 spiro atoms. The molecule has 1 aromatic rings. The van der Waals surface area contributed by atoms with E-state index in [0.717, 1.165) is 18.7 Å². The molecule has 1 aliphatic carbocycles. The summed E-state index contributed by atoms with van der Waals surface area (Å²) in [5.74, 6) is 0.310. The minimum absolute atomic E-state index is 0.264. The summed E-state index contributed by atoms with van der Waals surface area (Å²) in [4.78, 5) is 6.19. The maximum Gasteiger partial charge on any atom is 0.141 e. The lowest BCUT2D eigenvalue weighted by atomic mass is 9.83. The van der Waals surface area contributed by atoms with E-state index >= 15 is 0 Å². The summed E-state index contributed by atoms with van der Waals surface area (Å²) < 4.78 is 13.1. The molecule has 2 N–H and O–H groups in total. The molecule has 100 valence electrons. The number of hydrogen-bond acceptors (Lipinski definition) is 3. The van der Waals surface area contributed by atoms with Crippen molar-refractivity contribution in [2.75, 3.05) is 13.6 Å². The van der Waals surface area contributed by atoms with Crippen LogP contribution in [0.25, 0.3) is 0 Å². The van der Waals surface area contributed by atoms with Crippen LogP contribution in [-0.4, -0.2) is 29.5 Å². The van der Waals surface area contributed by atoms with E-state index < -0.39 is 0 Å². The maximum atomic E-state index is 13.1. The largest absolute Gasteiger partial charge is 0.330 e. The SMILES string of the molecule is CN(Cc1cncc(F)c1)C1CCCCC1CN. The molecule has 2 unspecified atom stereocenters. The third-order valence-electron chi connectivity index (χ3n) is 3.93. The van der Waals surface area contributed by atoms with Gasteiger partial charge in [-0.2, -0.15) is 0 Å². The predicted octanol–water partition coefficient (Wildman–Crippen LogP) is 2.17. The average molecular weight is 251 g/mol. The number of halogens is 1. The van der Waals surface area contributed by atoms with Gasteiger partial charge in [-0.25, -0.2) is 4.39 Å². The van der Waals surface area contributed by atoms with Gasteiger partial charge in [0, 0.05) is 18.8 Å². The number of nitrogens with zero attached hydrogens (tertiary/aromatic N) is 2. The van der Waals surface area contributed by atoms with E-state index in [1.807, 2.05) is 0 Å². The number of hydrogen-bond donors (Lipinski definition) is 1. The second-order valence-corrected chi connectivity index (χ2v) is 5.27. The molecule has 0 aromatic carbocycles. The van der Waals surface area contributed by atoms with Crippen molar-refractivity contribution in [1.82, 2.24) is 9.88 Å². The lowest BCUT2D eigenvalue weighted by Gasteiger charge is -2.37. The van der Waals surface area contributed by atoms with Crippen molar-refractivity contribution in [3.63, 3.8) is 0 Å².